The molecule has 0 bridgehead atoms. The Bertz CT molecular complexity index is 2490. The summed E-state index contributed by atoms with van der Waals surface area (Å²) in [6.45, 7) is 12.6. The van der Waals surface area contributed by atoms with Crippen LogP contribution in [0.4, 0.5) is 17.6 Å². The van der Waals surface area contributed by atoms with Gasteiger partial charge in [0, 0.05) is 41.8 Å². The van der Waals surface area contributed by atoms with Gasteiger partial charge < -0.3 is 0 Å². The molecule has 0 N–H and O–H groups in total. The van der Waals surface area contributed by atoms with Crippen molar-refractivity contribution in [2.75, 3.05) is 0 Å². The van der Waals surface area contributed by atoms with Crippen LogP contribution >= 0.6 is 34.4 Å². The summed E-state index contributed by atoms with van der Waals surface area (Å²) in [5.41, 5.74) is 2.03. The molecule has 0 fully saturated rings. The number of benzene rings is 2. The molecule has 7 rings (SSSR count). The van der Waals surface area contributed by atoms with Gasteiger partial charge in [0.05, 0.1) is 17.3 Å². The molecule has 6 nitrogen and oxygen atoms in total. The van der Waals surface area contributed by atoms with Crippen LogP contribution in [0.3, 0.4) is 0 Å². The zero-order valence-electron chi connectivity index (χ0n) is 27.1. The Balaban J connectivity index is 1.72. The maximum absolute atomic E-state index is 15.7. The van der Waals surface area contributed by atoms with Crippen molar-refractivity contribution in [3.63, 3.8) is 0 Å². The van der Waals surface area contributed by atoms with Gasteiger partial charge in [-0.25, -0.2) is 27.5 Å². The van der Waals surface area contributed by atoms with Crippen LogP contribution < -0.4 is 0 Å². The average molecular weight is 715 g/mol. The van der Waals surface area contributed by atoms with E-state index in [9.17, 15) is 19.3 Å². The lowest BCUT2D eigenvalue weighted by molar-refractivity contribution is 0.410. The first-order valence-electron chi connectivity index (χ1n) is 15.6. The standard InChI is InChI=1S/C36H26F4N6S3/c1-7-15-9-18(47-35(15)13(3)4)21-30-31(22(34-33(21)45-49-46-34)19-10-16(8-2)36(48-19)14(5)6)44-32-24-23(25(37)27(39)28(40)26(24)38)20(29(32)43-30)17(11-41)12-42/h9-10,13-14H,7-8H2,1-6H3. The molecule has 0 amide bonds. The first kappa shape index (κ1) is 33.0. The predicted molar refractivity (Wildman–Crippen MR) is 187 cm³/mol. The monoisotopic (exact) mass is 714 g/mol. The largest absolute Gasteiger partial charge is 0.243 e. The fraction of sp³-hybridized carbons (Fsp3) is 0.278. The predicted octanol–water partition coefficient (Wildman–Crippen LogP) is 10.8. The molecule has 0 atom stereocenters. The number of nitriles is 2. The lowest BCUT2D eigenvalue weighted by Gasteiger charge is -2.12. The van der Waals surface area contributed by atoms with Crippen molar-refractivity contribution < 1.29 is 17.6 Å². The Labute approximate surface area is 291 Å². The molecule has 0 radical (unpaired) electrons. The smallest absolute Gasteiger partial charge is 0.198 e. The lowest BCUT2D eigenvalue weighted by Crippen LogP contribution is -2.03. The van der Waals surface area contributed by atoms with E-state index in [-0.39, 0.29) is 28.7 Å². The van der Waals surface area contributed by atoms with E-state index in [1.807, 2.05) is 0 Å². The lowest BCUT2D eigenvalue weighted by atomic mass is 9.98. The van der Waals surface area contributed by atoms with Crippen molar-refractivity contribution in [2.45, 2.75) is 66.2 Å². The molecular weight excluding hydrogens is 689 g/mol. The van der Waals surface area contributed by atoms with Crippen LogP contribution in [-0.2, 0) is 12.8 Å². The minimum atomic E-state index is -2.06. The van der Waals surface area contributed by atoms with Crippen molar-refractivity contribution in [2.24, 2.45) is 0 Å². The number of rotatable bonds is 6. The van der Waals surface area contributed by atoms with Gasteiger partial charge in [-0.15, -0.1) is 22.7 Å². The van der Waals surface area contributed by atoms with Gasteiger partial charge in [0.2, 0.25) is 0 Å². The third-order valence-electron chi connectivity index (χ3n) is 8.78. The Hall–Kier alpha value is -4.56. The molecule has 0 unspecified atom stereocenters. The Morgan fingerprint density at radius 3 is 1.51 bits per heavy atom. The average Bonchev–Trinajstić information content (AvgIpc) is 3.89. The van der Waals surface area contributed by atoms with Crippen LogP contribution in [0.25, 0.3) is 59.8 Å². The summed E-state index contributed by atoms with van der Waals surface area (Å²) in [4.78, 5) is 13.8. The second kappa shape index (κ2) is 12.1. The second-order valence-corrected chi connectivity index (χ2v) is 15.0. The Kier molecular flexibility index (Phi) is 8.13. The zero-order valence-corrected chi connectivity index (χ0v) is 29.6. The van der Waals surface area contributed by atoms with Crippen LogP contribution in [0.1, 0.15) is 85.5 Å². The summed E-state index contributed by atoms with van der Waals surface area (Å²) in [5.74, 6) is -7.07. The molecule has 0 aliphatic heterocycles. The number of hydrogen-bond donors (Lipinski definition) is 0. The van der Waals surface area contributed by atoms with Crippen molar-refractivity contribution in [3.05, 3.63) is 73.1 Å². The number of aryl methyl sites for hydroxylation is 2. The van der Waals surface area contributed by atoms with Crippen molar-refractivity contribution >= 4 is 62.0 Å². The minimum absolute atomic E-state index is 0.219. The quantitative estimate of drug-likeness (QED) is 0.0736. The summed E-state index contributed by atoms with van der Waals surface area (Å²) < 4.78 is 70.4. The third kappa shape index (κ3) is 4.74. The van der Waals surface area contributed by atoms with E-state index in [1.165, 1.54) is 9.75 Å². The van der Waals surface area contributed by atoms with Gasteiger partial charge in [-0.1, -0.05) is 41.5 Å². The van der Waals surface area contributed by atoms with Crippen LogP contribution in [0.15, 0.2) is 17.7 Å². The molecule has 0 saturated heterocycles. The van der Waals surface area contributed by atoms with Gasteiger partial charge in [0.15, 0.2) is 23.3 Å². The van der Waals surface area contributed by atoms with E-state index < -0.39 is 45.5 Å². The highest BCUT2D eigenvalue weighted by Crippen LogP contribution is 2.52. The molecule has 1 aliphatic carbocycles. The number of fused-ring (bicyclic) bond motifs is 5. The molecule has 0 spiro atoms. The summed E-state index contributed by atoms with van der Waals surface area (Å²) in [5, 5.41) is 19.8. The topological polar surface area (TPSA) is 99.1 Å². The molecule has 2 aromatic carbocycles. The summed E-state index contributed by atoms with van der Waals surface area (Å²) in [6.07, 6.45) is 1.55. The van der Waals surface area contributed by atoms with Gasteiger partial charge >= 0.3 is 0 Å². The van der Waals surface area contributed by atoms with E-state index in [1.54, 1.807) is 34.8 Å². The first-order valence-corrected chi connectivity index (χ1v) is 18.0. The summed E-state index contributed by atoms with van der Waals surface area (Å²) in [7, 11) is 0. The van der Waals surface area contributed by atoms with E-state index in [0.29, 0.717) is 27.7 Å². The molecule has 6 aromatic rings. The highest BCUT2D eigenvalue weighted by molar-refractivity contribution is 7.16. The van der Waals surface area contributed by atoms with E-state index >= 15 is 8.78 Å². The Morgan fingerprint density at radius 2 is 1.10 bits per heavy atom. The molecule has 0 saturated carbocycles. The normalized spacial score (nSPS) is 12.3. The van der Waals surface area contributed by atoms with Crippen LogP contribution in [0.5, 0.6) is 0 Å². The Morgan fingerprint density at radius 1 is 0.653 bits per heavy atom. The van der Waals surface area contributed by atoms with Gasteiger partial charge in [0.25, 0.3) is 0 Å². The third-order valence-corrected chi connectivity index (χ3v) is 12.3. The molecule has 4 aromatic heterocycles. The number of allylic oxidation sites excluding steroid dienone is 1. The molecule has 4 heterocycles. The molecule has 49 heavy (non-hydrogen) atoms. The van der Waals surface area contributed by atoms with Crippen molar-refractivity contribution in [1.82, 2.24) is 18.7 Å². The van der Waals surface area contributed by atoms with Crippen LogP contribution in [-0.4, -0.2) is 18.7 Å². The summed E-state index contributed by atoms with van der Waals surface area (Å²) in [6, 6.07) is 7.54. The van der Waals surface area contributed by atoms with E-state index in [4.69, 9.17) is 18.7 Å². The number of aromatic nitrogens is 4. The number of hydrogen-bond acceptors (Lipinski definition) is 9. The first-order chi connectivity index (χ1) is 23.5. The molecule has 13 heteroatoms. The van der Waals surface area contributed by atoms with Gasteiger partial charge in [-0.3, -0.25) is 0 Å². The van der Waals surface area contributed by atoms with Gasteiger partial charge in [-0.05, 0) is 47.9 Å². The number of halogens is 4. The van der Waals surface area contributed by atoms with E-state index in [0.717, 1.165) is 45.5 Å². The van der Waals surface area contributed by atoms with Crippen LogP contribution in [0.2, 0.25) is 0 Å². The maximum Gasteiger partial charge on any atom is 0.198 e. The SMILES string of the molecule is CCc1cc(-c2c3nsnc3c(-c3cc(CC)c(C(C)C)s3)c3nc4c(nc23)C(=C(C#N)C#N)c2c(F)c(F)c(F)c(F)c2-4)sc1C(C)C. The highest BCUT2D eigenvalue weighted by atomic mass is 32.1. The molecule has 246 valence electrons. The second-order valence-electron chi connectivity index (χ2n) is 12.3. The van der Waals surface area contributed by atoms with Crippen molar-refractivity contribution in [1.29, 1.82) is 10.5 Å². The highest BCUT2D eigenvalue weighted by Gasteiger charge is 2.40. The zero-order chi connectivity index (χ0) is 35.0. The molecule has 1 aliphatic rings. The minimum Gasteiger partial charge on any atom is -0.243 e. The maximum atomic E-state index is 15.7. The number of nitrogens with zero attached hydrogens (tertiary/aromatic N) is 6. The number of thiophene rings is 2. The van der Waals surface area contributed by atoms with Crippen molar-refractivity contribution in [3.8, 4) is 44.3 Å². The fourth-order valence-corrected chi connectivity index (χ4v) is 9.76. The molecular formula is C36H26F4N6S3. The van der Waals surface area contributed by atoms with E-state index in [2.05, 4.69) is 53.7 Å². The van der Waals surface area contributed by atoms with Crippen LogP contribution in [0, 0.1) is 45.9 Å². The summed E-state index contributed by atoms with van der Waals surface area (Å²) >= 11 is 4.17. The van der Waals surface area contributed by atoms with Gasteiger partial charge in [-0.2, -0.15) is 19.3 Å². The van der Waals surface area contributed by atoms with Gasteiger partial charge in [0.1, 0.15) is 51.2 Å². The fourth-order valence-electron chi connectivity index (χ4n) is 6.59.